The molecule has 134 valence electrons. The van der Waals surface area contributed by atoms with Gasteiger partial charge in [-0.1, -0.05) is 6.92 Å². The van der Waals surface area contributed by atoms with E-state index >= 15 is 0 Å². The third-order valence-corrected chi connectivity index (χ3v) is 4.56. The summed E-state index contributed by atoms with van der Waals surface area (Å²) < 4.78 is 55.0. The molecule has 25 heavy (non-hydrogen) atoms. The Hall–Kier alpha value is -2.15. The molecular formula is C18H19F4N3. The standard InChI is InChI=1S/C18H19F4N3/c1-3-11(2)24-10-25-15-5-4-12(19)8-14(15)17(18(20,21)22)13-6-7-23-9-16(13)25/h4-9,11,17,24H,3,10H2,1-2H3/t11-,17?/m1/s1. The molecule has 1 aromatic heterocycles. The third-order valence-electron chi connectivity index (χ3n) is 4.56. The first kappa shape index (κ1) is 17.7. The van der Waals surface area contributed by atoms with Gasteiger partial charge in [-0.25, -0.2) is 4.39 Å². The van der Waals surface area contributed by atoms with Gasteiger partial charge >= 0.3 is 6.18 Å². The van der Waals surface area contributed by atoms with Gasteiger partial charge in [-0.2, -0.15) is 13.2 Å². The van der Waals surface area contributed by atoms with Crippen LogP contribution < -0.4 is 10.2 Å². The van der Waals surface area contributed by atoms with Gasteiger partial charge in [0.2, 0.25) is 0 Å². The Labute approximate surface area is 143 Å². The second-order valence-corrected chi connectivity index (χ2v) is 6.21. The van der Waals surface area contributed by atoms with Crippen molar-refractivity contribution in [3.8, 4) is 0 Å². The van der Waals surface area contributed by atoms with Crippen molar-refractivity contribution in [3.05, 3.63) is 53.6 Å². The van der Waals surface area contributed by atoms with Gasteiger partial charge in [0.25, 0.3) is 0 Å². The first-order chi connectivity index (χ1) is 11.8. The number of alkyl halides is 3. The lowest BCUT2D eigenvalue weighted by Crippen LogP contribution is -2.40. The number of aromatic nitrogens is 1. The minimum absolute atomic E-state index is 0.0721. The van der Waals surface area contributed by atoms with Crippen molar-refractivity contribution < 1.29 is 17.6 Å². The van der Waals surface area contributed by atoms with Gasteiger partial charge in [-0.3, -0.25) is 10.3 Å². The molecule has 3 rings (SSSR count). The topological polar surface area (TPSA) is 28.2 Å². The van der Waals surface area contributed by atoms with Crippen LogP contribution in [-0.4, -0.2) is 23.9 Å². The molecule has 0 saturated heterocycles. The van der Waals surface area contributed by atoms with E-state index in [2.05, 4.69) is 10.3 Å². The number of nitrogens with one attached hydrogen (secondary N) is 1. The van der Waals surface area contributed by atoms with Crippen molar-refractivity contribution in [3.63, 3.8) is 0 Å². The van der Waals surface area contributed by atoms with Crippen molar-refractivity contribution in [1.82, 2.24) is 10.3 Å². The first-order valence-electron chi connectivity index (χ1n) is 8.14. The quantitative estimate of drug-likeness (QED) is 0.807. The minimum atomic E-state index is -4.52. The van der Waals surface area contributed by atoms with Crippen molar-refractivity contribution in [2.45, 2.75) is 38.4 Å². The predicted octanol–water partition coefficient (Wildman–Crippen LogP) is 4.71. The Bertz CT molecular complexity index is 760. The number of hydrogen-bond acceptors (Lipinski definition) is 3. The van der Waals surface area contributed by atoms with E-state index in [1.807, 2.05) is 13.8 Å². The smallest absolute Gasteiger partial charge is 0.326 e. The van der Waals surface area contributed by atoms with Crippen molar-refractivity contribution in [1.29, 1.82) is 0 Å². The number of fused-ring (bicyclic) bond motifs is 2. The van der Waals surface area contributed by atoms with Crippen LogP contribution in [0, 0.1) is 5.82 Å². The van der Waals surface area contributed by atoms with Gasteiger partial charge in [0.05, 0.1) is 18.6 Å². The lowest BCUT2D eigenvalue weighted by atomic mass is 9.85. The normalized spacial score (nSPS) is 17.8. The average Bonchev–Trinajstić information content (AvgIpc) is 2.56. The first-order valence-corrected chi connectivity index (χ1v) is 8.14. The molecule has 1 N–H and O–H groups in total. The van der Waals surface area contributed by atoms with Crippen LogP contribution in [0.5, 0.6) is 0 Å². The van der Waals surface area contributed by atoms with Crippen LogP contribution in [0.15, 0.2) is 36.7 Å². The Balaban J connectivity index is 2.14. The predicted molar refractivity (Wildman–Crippen MR) is 88.4 cm³/mol. The van der Waals surface area contributed by atoms with Gasteiger partial charge in [0, 0.05) is 17.9 Å². The highest BCUT2D eigenvalue weighted by atomic mass is 19.4. The van der Waals surface area contributed by atoms with Crippen LogP contribution in [0.1, 0.15) is 37.3 Å². The Kier molecular flexibility index (Phi) is 4.69. The van der Waals surface area contributed by atoms with Crippen molar-refractivity contribution >= 4 is 11.4 Å². The van der Waals surface area contributed by atoms with Crippen LogP contribution in [-0.2, 0) is 0 Å². The Morgan fingerprint density at radius 2 is 1.96 bits per heavy atom. The highest BCUT2D eigenvalue weighted by Crippen LogP contribution is 2.51. The fourth-order valence-electron chi connectivity index (χ4n) is 3.08. The third kappa shape index (κ3) is 3.33. The summed E-state index contributed by atoms with van der Waals surface area (Å²) in [6, 6.07) is 5.12. The fraction of sp³-hybridized carbons (Fsp3) is 0.389. The lowest BCUT2D eigenvalue weighted by Gasteiger charge is -2.38. The van der Waals surface area contributed by atoms with Crippen LogP contribution in [0.2, 0.25) is 0 Å². The van der Waals surface area contributed by atoms with Crippen LogP contribution in [0.4, 0.5) is 28.9 Å². The zero-order valence-electron chi connectivity index (χ0n) is 13.9. The maximum absolute atomic E-state index is 13.7. The van der Waals surface area contributed by atoms with Gasteiger partial charge in [0.15, 0.2) is 0 Å². The summed E-state index contributed by atoms with van der Waals surface area (Å²) in [6.07, 6.45) is -0.870. The zero-order chi connectivity index (χ0) is 18.2. The summed E-state index contributed by atoms with van der Waals surface area (Å²) in [5.74, 6) is -2.55. The number of pyridine rings is 1. The van der Waals surface area contributed by atoms with E-state index in [4.69, 9.17) is 0 Å². The largest absolute Gasteiger partial charge is 0.399 e. The molecule has 0 spiro atoms. The van der Waals surface area contributed by atoms with E-state index < -0.39 is 17.9 Å². The van der Waals surface area contributed by atoms with Crippen molar-refractivity contribution in [2.75, 3.05) is 11.6 Å². The molecule has 0 saturated carbocycles. The number of anilines is 2. The minimum Gasteiger partial charge on any atom is -0.326 e. The molecule has 0 fully saturated rings. The molecule has 1 aromatic carbocycles. The zero-order valence-corrected chi connectivity index (χ0v) is 13.9. The molecule has 2 heterocycles. The number of hydrogen-bond donors (Lipinski definition) is 1. The van der Waals surface area contributed by atoms with Crippen LogP contribution in [0.3, 0.4) is 0 Å². The molecule has 1 aliphatic heterocycles. The number of rotatable bonds is 4. The monoisotopic (exact) mass is 353 g/mol. The molecule has 2 atom stereocenters. The van der Waals surface area contributed by atoms with Crippen LogP contribution in [0.25, 0.3) is 0 Å². The molecule has 1 aliphatic rings. The van der Waals surface area contributed by atoms with Crippen molar-refractivity contribution in [2.24, 2.45) is 0 Å². The summed E-state index contributed by atoms with van der Waals surface area (Å²) in [5, 5.41) is 3.28. The molecule has 3 nitrogen and oxygen atoms in total. The van der Waals surface area contributed by atoms with E-state index in [1.54, 1.807) is 4.90 Å². The summed E-state index contributed by atoms with van der Waals surface area (Å²) in [5.41, 5.74) is 0.753. The summed E-state index contributed by atoms with van der Waals surface area (Å²) in [7, 11) is 0. The number of benzene rings is 1. The summed E-state index contributed by atoms with van der Waals surface area (Å²) in [6.45, 7) is 4.33. The van der Waals surface area contributed by atoms with Crippen LogP contribution >= 0.6 is 0 Å². The van der Waals surface area contributed by atoms with Gasteiger partial charge in [-0.05, 0) is 48.7 Å². The molecule has 2 aromatic rings. The van der Waals surface area contributed by atoms with Gasteiger partial charge < -0.3 is 4.90 Å². The molecule has 0 amide bonds. The lowest BCUT2D eigenvalue weighted by molar-refractivity contribution is -0.141. The van der Waals surface area contributed by atoms with Gasteiger partial charge in [-0.15, -0.1) is 0 Å². The molecular weight excluding hydrogens is 334 g/mol. The number of halogens is 4. The summed E-state index contributed by atoms with van der Waals surface area (Å²) in [4.78, 5) is 5.72. The maximum atomic E-state index is 13.7. The van der Waals surface area contributed by atoms with E-state index in [0.29, 0.717) is 18.0 Å². The highest BCUT2D eigenvalue weighted by molar-refractivity contribution is 5.75. The Morgan fingerprint density at radius 1 is 1.20 bits per heavy atom. The molecule has 1 unspecified atom stereocenters. The van der Waals surface area contributed by atoms with E-state index in [0.717, 1.165) is 12.5 Å². The summed E-state index contributed by atoms with van der Waals surface area (Å²) >= 11 is 0. The number of nitrogens with zero attached hydrogens (tertiary/aromatic N) is 2. The average molecular weight is 353 g/mol. The second-order valence-electron chi connectivity index (χ2n) is 6.21. The van der Waals surface area contributed by atoms with E-state index in [9.17, 15) is 17.6 Å². The second kappa shape index (κ2) is 6.63. The maximum Gasteiger partial charge on any atom is 0.399 e. The molecule has 7 heteroatoms. The molecule has 0 bridgehead atoms. The van der Waals surface area contributed by atoms with E-state index in [-0.39, 0.29) is 17.2 Å². The SMILES string of the molecule is CC[C@@H](C)NCN1c2ccc(F)cc2C(C(F)(F)F)c2ccncc21. The fourth-order valence-corrected chi connectivity index (χ4v) is 3.08. The Morgan fingerprint density at radius 3 is 2.64 bits per heavy atom. The molecule has 0 aliphatic carbocycles. The highest BCUT2D eigenvalue weighted by Gasteiger charge is 2.47. The molecule has 0 radical (unpaired) electrons. The van der Waals surface area contributed by atoms with E-state index in [1.165, 1.54) is 30.6 Å². The van der Waals surface area contributed by atoms with Gasteiger partial charge in [0.1, 0.15) is 11.7 Å².